The van der Waals surface area contributed by atoms with E-state index in [1.165, 1.54) is 0 Å². The van der Waals surface area contributed by atoms with Gasteiger partial charge in [-0.25, -0.2) is 0 Å². The molecule has 1 heterocycles. The molecule has 0 bridgehead atoms. The van der Waals surface area contributed by atoms with Gasteiger partial charge in [-0.3, -0.25) is 9.59 Å². The van der Waals surface area contributed by atoms with Crippen LogP contribution >= 0.6 is 0 Å². The van der Waals surface area contributed by atoms with Crippen LogP contribution in [0.25, 0.3) is 0 Å². The standard InChI is InChI=1S/C16H23N3O2/c1-19(14-7-9-17-10-8-14)16(21)12-18-15(20)11-13-5-3-2-4-6-13/h2-6,14,17H,7-12H2,1H3,(H,18,20). The van der Waals surface area contributed by atoms with Crippen molar-refractivity contribution in [3.05, 3.63) is 35.9 Å². The van der Waals surface area contributed by atoms with Crippen LogP contribution in [0.2, 0.25) is 0 Å². The number of nitrogens with zero attached hydrogens (tertiary/aromatic N) is 1. The zero-order chi connectivity index (χ0) is 15.1. The fourth-order valence-electron chi connectivity index (χ4n) is 2.54. The van der Waals surface area contributed by atoms with Gasteiger partial charge in [0.05, 0.1) is 13.0 Å². The second-order valence-corrected chi connectivity index (χ2v) is 5.42. The Hall–Kier alpha value is -1.88. The number of rotatable bonds is 5. The van der Waals surface area contributed by atoms with Crippen LogP contribution in [0, 0.1) is 0 Å². The van der Waals surface area contributed by atoms with Crippen molar-refractivity contribution in [3.63, 3.8) is 0 Å². The van der Waals surface area contributed by atoms with E-state index in [9.17, 15) is 9.59 Å². The quantitative estimate of drug-likeness (QED) is 0.832. The predicted molar refractivity (Wildman–Crippen MR) is 81.8 cm³/mol. The lowest BCUT2D eigenvalue weighted by molar-refractivity contribution is -0.133. The lowest BCUT2D eigenvalue weighted by Gasteiger charge is -2.31. The van der Waals surface area contributed by atoms with Gasteiger partial charge >= 0.3 is 0 Å². The van der Waals surface area contributed by atoms with Gasteiger partial charge < -0.3 is 15.5 Å². The molecule has 21 heavy (non-hydrogen) atoms. The summed E-state index contributed by atoms with van der Waals surface area (Å²) in [5.41, 5.74) is 0.953. The highest BCUT2D eigenvalue weighted by Crippen LogP contribution is 2.09. The second kappa shape index (κ2) is 7.78. The number of carbonyl (C=O) groups is 2. The minimum atomic E-state index is -0.117. The molecule has 2 N–H and O–H groups in total. The molecule has 5 nitrogen and oxygen atoms in total. The molecular weight excluding hydrogens is 266 g/mol. The highest BCUT2D eigenvalue weighted by molar-refractivity contribution is 5.85. The topological polar surface area (TPSA) is 61.4 Å². The third kappa shape index (κ3) is 4.86. The van der Waals surface area contributed by atoms with E-state index in [0.717, 1.165) is 31.5 Å². The molecule has 5 heteroatoms. The summed E-state index contributed by atoms with van der Waals surface area (Å²) in [6.07, 6.45) is 2.26. The fourth-order valence-corrected chi connectivity index (χ4v) is 2.54. The molecule has 0 aliphatic carbocycles. The number of hydrogen-bond acceptors (Lipinski definition) is 3. The molecule has 1 aromatic rings. The lowest BCUT2D eigenvalue weighted by atomic mass is 10.1. The van der Waals surface area contributed by atoms with Crippen LogP contribution in [0.1, 0.15) is 18.4 Å². The zero-order valence-electron chi connectivity index (χ0n) is 12.5. The van der Waals surface area contributed by atoms with Gasteiger partial charge in [0.1, 0.15) is 0 Å². The summed E-state index contributed by atoms with van der Waals surface area (Å²) in [6, 6.07) is 9.81. The Labute approximate surface area is 125 Å². The molecule has 114 valence electrons. The van der Waals surface area contributed by atoms with Crippen molar-refractivity contribution in [1.29, 1.82) is 0 Å². The number of likely N-dealkylation sites (N-methyl/N-ethyl adjacent to an activating group) is 1. The molecule has 1 fully saturated rings. The number of amides is 2. The van der Waals surface area contributed by atoms with Crippen molar-refractivity contribution < 1.29 is 9.59 Å². The Morgan fingerprint density at radius 2 is 1.90 bits per heavy atom. The van der Waals surface area contributed by atoms with E-state index in [1.54, 1.807) is 4.90 Å². The van der Waals surface area contributed by atoms with Crippen LogP contribution in [-0.2, 0) is 16.0 Å². The third-order valence-corrected chi connectivity index (χ3v) is 3.89. The number of nitrogens with one attached hydrogen (secondary N) is 2. The number of carbonyl (C=O) groups excluding carboxylic acids is 2. The maximum Gasteiger partial charge on any atom is 0.241 e. The van der Waals surface area contributed by atoms with Crippen LogP contribution in [0.3, 0.4) is 0 Å². The Balaban J connectivity index is 1.74. The van der Waals surface area contributed by atoms with E-state index in [4.69, 9.17) is 0 Å². The van der Waals surface area contributed by atoms with Crippen LogP contribution < -0.4 is 10.6 Å². The molecule has 0 atom stereocenters. The van der Waals surface area contributed by atoms with Gasteiger partial charge in [-0.2, -0.15) is 0 Å². The van der Waals surface area contributed by atoms with Crippen molar-refractivity contribution in [2.75, 3.05) is 26.7 Å². The second-order valence-electron chi connectivity index (χ2n) is 5.42. The van der Waals surface area contributed by atoms with Crippen LogP contribution in [-0.4, -0.2) is 49.4 Å². The van der Waals surface area contributed by atoms with Crippen LogP contribution in [0.15, 0.2) is 30.3 Å². The van der Waals surface area contributed by atoms with Crippen LogP contribution in [0.5, 0.6) is 0 Å². The molecule has 0 radical (unpaired) electrons. The average molecular weight is 289 g/mol. The number of piperidine rings is 1. The van der Waals surface area contributed by atoms with E-state index in [1.807, 2.05) is 37.4 Å². The molecule has 0 aromatic heterocycles. The molecule has 2 amide bonds. The molecule has 1 aliphatic heterocycles. The first kappa shape index (κ1) is 15.5. The molecule has 0 unspecified atom stereocenters. The first-order chi connectivity index (χ1) is 10.2. The molecular formula is C16H23N3O2. The summed E-state index contributed by atoms with van der Waals surface area (Å²) in [5, 5.41) is 5.98. The van der Waals surface area contributed by atoms with Gasteiger partial charge in [0.15, 0.2) is 0 Å². The van der Waals surface area contributed by atoms with Crippen molar-refractivity contribution >= 4 is 11.8 Å². The summed E-state index contributed by atoms with van der Waals surface area (Å²) in [4.78, 5) is 25.7. The highest BCUT2D eigenvalue weighted by atomic mass is 16.2. The number of benzene rings is 1. The SMILES string of the molecule is CN(C(=O)CNC(=O)Cc1ccccc1)C1CCNCC1. The molecule has 2 rings (SSSR count). The van der Waals surface area contributed by atoms with Gasteiger partial charge in [0.25, 0.3) is 0 Å². The Kier molecular flexibility index (Phi) is 5.75. The van der Waals surface area contributed by atoms with Gasteiger partial charge in [0.2, 0.25) is 11.8 Å². The molecule has 0 spiro atoms. The normalized spacial score (nSPS) is 15.5. The Bertz CT molecular complexity index is 470. The Morgan fingerprint density at radius 1 is 1.24 bits per heavy atom. The van der Waals surface area contributed by atoms with Crippen LogP contribution in [0.4, 0.5) is 0 Å². The fraction of sp³-hybridized carbons (Fsp3) is 0.500. The zero-order valence-corrected chi connectivity index (χ0v) is 12.5. The van der Waals surface area contributed by atoms with E-state index in [0.29, 0.717) is 6.42 Å². The van der Waals surface area contributed by atoms with E-state index in [2.05, 4.69) is 10.6 Å². The molecule has 1 saturated heterocycles. The lowest BCUT2D eigenvalue weighted by Crippen LogP contribution is -2.47. The van der Waals surface area contributed by atoms with E-state index in [-0.39, 0.29) is 24.4 Å². The first-order valence-corrected chi connectivity index (χ1v) is 7.44. The number of hydrogen-bond donors (Lipinski definition) is 2. The van der Waals surface area contributed by atoms with Crippen molar-refractivity contribution in [2.24, 2.45) is 0 Å². The van der Waals surface area contributed by atoms with Gasteiger partial charge in [-0.05, 0) is 31.5 Å². The smallest absolute Gasteiger partial charge is 0.241 e. The van der Waals surface area contributed by atoms with Gasteiger partial charge in [-0.1, -0.05) is 30.3 Å². The van der Waals surface area contributed by atoms with Crippen molar-refractivity contribution in [3.8, 4) is 0 Å². The monoisotopic (exact) mass is 289 g/mol. The van der Waals surface area contributed by atoms with Gasteiger partial charge in [0, 0.05) is 13.1 Å². The minimum absolute atomic E-state index is 0.0247. The van der Waals surface area contributed by atoms with E-state index >= 15 is 0 Å². The molecule has 1 aromatic carbocycles. The highest BCUT2D eigenvalue weighted by Gasteiger charge is 2.21. The summed E-state index contributed by atoms with van der Waals surface area (Å²) < 4.78 is 0. The van der Waals surface area contributed by atoms with Gasteiger partial charge in [-0.15, -0.1) is 0 Å². The maximum atomic E-state index is 12.1. The summed E-state index contributed by atoms with van der Waals surface area (Å²) in [6.45, 7) is 1.97. The van der Waals surface area contributed by atoms with Crippen molar-refractivity contribution in [2.45, 2.75) is 25.3 Å². The summed E-state index contributed by atoms with van der Waals surface area (Å²) in [5.74, 6) is -0.142. The maximum absolute atomic E-state index is 12.1. The van der Waals surface area contributed by atoms with Crippen molar-refractivity contribution in [1.82, 2.24) is 15.5 Å². The molecule has 1 aliphatic rings. The first-order valence-electron chi connectivity index (χ1n) is 7.44. The third-order valence-electron chi connectivity index (χ3n) is 3.89. The summed E-state index contributed by atoms with van der Waals surface area (Å²) >= 11 is 0. The molecule has 0 saturated carbocycles. The average Bonchev–Trinajstić information content (AvgIpc) is 2.53. The largest absolute Gasteiger partial charge is 0.347 e. The van der Waals surface area contributed by atoms with E-state index < -0.39 is 0 Å². The predicted octanol–water partition coefficient (Wildman–Crippen LogP) is 0.556. The summed E-state index contributed by atoms with van der Waals surface area (Å²) in [7, 11) is 1.82. The Morgan fingerprint density at radius 3 is 2.57 bits per heavy atom. The minimum Gasteiger partial charge on any atom is -0.347 e.